The van der Waals surface area contributed by atoms with Gasteiger partial charge in [-0.3, -0.25) is 9.78 Å². The van der Waals surface area contributed by atoms with Crippen molar-refractivity contribution < 1.29 is 19.0 Å². The number of benzene rings is 2. The van der Waals surface area contributed by atoms with Crippen LogP contribution in [0.1, 0.15) is 17.2 Å². The Bertz CT molecular complexity index is 903. The molecule has 1 aliphatic rings. The highest BCUT2D eigenvalue weighted by atomic mass is 16.7. The van der Waals surface area contributed by atoms with Crippen molar-refractivity contribution in [2.45, 2.75) is 12.3 Å². The van der Waals surface area contributed by atoms with E-state index >= 15 is 0 Å². The molecule has 2 aromatic carbocycles. The summed E-state index contributed by atoms with van der Waals surface area (Å²) < 4.78 is 16.4. The number of hydrogen-bond donors (Lipinski definition) is 1. The van der Waals surface area contributed by atoms with Crippen molar-refractivity contribution in [1.82, 2.24) is 10.3 Å². The van der Waals surface area contributed by atoms with E-state index in [0.29, 0.717) is 11.5 Å². The number of methoxy groups -OCH3 is 1. The highest BCUT2D eigenvalue weighted by Gasteiger charge is 2.32. The van der Waals surface area contributed by atoms with Gasteiger partial charge in [-0.25, -0.2) is 0 Å². The Morgan fingerprint density at radius 3 is 2.15 bits per heavy atom. The molecule has 6 heteroatoms. The van der Waals surface area contributed by atoms with E-state index in [0.717, 1.165) is 16.9 Å². The molecule has 0 saturated carbocycles. The largest absolute Gasteiger partial charge is 0.497 e. The van der Waals surface area contributed by atoms with E-state index in [-0.39, 0.29) is 11.9 Å². The first kappa shape index (κ1) is 16.9. The molecule has 136 valence electrons. The maximum Gasteiger partial charge on any atom is 0.321 e. The van der Waals surface area contributed by atoms with Crippen LogP contribution in [0.25, 0.3) is 0 Å². The van der Waals surface area contributed by atoms with Crippen LogP contribution in [-0.4, -0.2) is 24.3 Å². The summed E-state index contributed by atoms with van der Waals surface area (Å²) in [5, 5.41) is 3.01. The van der Waals surface area contributed by atoms with Gasteiger partial charge in [-0.1, -0.05) is 24.3 Å². The maximum absolute atomic E-state index is 12.8. The van der Waals surface area contributed by atoms with Gasteiger partial charge in [0.2, 0.25) is 0 Å². The highest BCUT2D eigenvalue weighted by Crippen LogP contribution is 2.34. The summed E-state index contributed by atoms with van der Waals surface area (Å²) in [6.07, 6.45) is 2.36. The average molecular weight is 362 g/mol. The number of fused-ring (bicyclic) bond motifs is 1. The average Bonchev–Trinajstić information content (AvgIpc) is 3.17. The molecule has 4 rings (SSSR count). The number of rotatable bonds is 5. The molecule has 0 aliphatic carbocycles. The van der Waals surface area contributed by atoms with Crippen molar-refractivity contribution >= 4 is 5.91 Å². The molecule has 1 unspecified atom stereocenters. The lowest BCUT2D eigenvalue weighted by molar-refractivity contribution is -0.137. The van der Waals surface area contributed by atoms with Crippen LogP contribution in [0.2, 0.25) is 0 Å². The molecule has 3 aromatic rings. The van der Waals surface area contributed by atoms with Crippen molar-refractivity contribution in [3.63, 3.8) is 0 Å². The van der Waals surface area contributed by atoms with Crippen LogP contribution >= 0.6 is 0 Å². The van der Waals surface area contributed by atoms with E-state index < -0.39 is 6.29 Å². The molecule has 6 nitrogen and oxygen atoms in total. The summed E-state index contributed by atoms with van der Waals surface area (Å²) in [6, 6.07) is 18.1. The Morgan fingerprint density at radius 1 is 0.963 bits per heavy atom. The Hall–Kier alpha value is -3.54. The number of para-hydroxylation sites is 2. The van der Waals surface area contributed by atoms with Gasteiger partial charge in [-0.15, -0.1) is 0 Å². The molecule has 0 spiro atoms. The van der Waals surface area contributed by atoms with Gasteiger partial charge in [0, 0.05) is 12.4 Å². The Kier molecular flexibility index (Phi) is 4.61. The van der Waals surface area contributed by atoms with Crippen LogP contribution in [0.3, 0.4) is 0 Å². The Balaban J connectivity index is 1.57. The number of hydrogen-bond acceptors (Lipinski definition) is 5. The number of ether oxygens (including phenoxy) is 3. The minimum Gasteiger partial charge on any atom is -0.497 e. The Labute approximate surface area is 156 Å². The molecular formula is C21H18N2O4. The molecule has 1 aromatic heterocycles. The summed E-state index contributed by atoms with van der Waals surface area (Å²) in [7, 11) is 1.61. The van der Waals surface area contributed by atoms with Crippen LogP contribution in [0.5, 0.6) is 17.2 Å². The molecule has 1 N–H and O–H groups in total. The van der Waals surface area contributed by atoms with Crippen molar-refractivity contribution in [2.24, 2.45) is 0 Å². The van der Waals surface area contributed by atoms with Gasteiger partial charge in [0.25, 0.3) is 0 Å². The van der Waals surface area contributed by atoms with E-state index in [2.05, 4.69) is 10.3 Å². The number of nitrogens with one attached hydrogen (secondary N) is 1. The minimum atomic E-state index is -1.02. The quantitative estimate of drug-likeness (QED) is 0.755. The molecule has 1 atom stereocenters. The standard InChI is InChI=1S/C21H18N2O4/c1-25-16-8-6-14(7-9-16)19(15-10-12-22-13-11-15)23-20(24)21-26-17-4-2-3-5-18(17)27-21/h2-13,19,21H,1H3,(H,23,24). The number of nitrogens with zero attached hydrogens (tertiary/aromatic N) is 1. The molecular weight excluding hydrogens is 344 g/mol. The van der Waals surface area contributed by atoms with Crippen LogP contribution < -0.4 is 19.5 Å². The van der Waals surface area contributed by atoms with E-state index in [4.69, 9.17) is 14.2 Å². The number of aromatic nitrogens is 1. The summed E-state index contributed by atoms with van der Waals surface area (Å²) in [4.78, 5) is 16.8. The topological polar surface area (TPSA) is 69.7 Å². The van der Waals surface area contributed by atoms with E-state index in [1.54, 1.807) is 31.6 Å². The van der Waals surface area contributed by atoms with Gasteiger partial charge in [0.1, 0.15) is 5.75 Å². The van der Waals surface area contributed by atoms with Crippen molar-refractivity contribution in [1.29, 1.82) is 0 Å². The number of carbonyl (C=O) groups excluding carboxylic acids is 1. The monoisotopic (exact) mass is 362 g/mol. The van der Waals surface area contributed by atoms with Gasteiger partial charge < -0.3 is 19.5 Å². The predicted octanol–water partition coefficient (Wildman–Crippen LogP) is 3.09. The minimum absolute atomic E-state index is 0.358. The van der Waals surface area contributed by atoms with Gasteiger partial charge in [0.05, 0.1) is 13.2 Å². The summed E-state index contributed by atoms with van der Waals surface area (Å²) in [5.41, 5.74) is 1.81. The van der Waals surface area contributed by atoms with Gasteiger partial charge >= 0.3 is 12.2 Å². The molecule has 1 amide bonds. The maximum atomic E-state index is 12.8. The van der Waals surface area contributed by atoms with Crippen LogP contribution in [0.15, 0.2) is 73.1 Å². The summed E-state index contributed by atoms with van der Waals surface area (Å²) in [6.45, 7) is 0. The normalized spacial score (nSPS) is 13.8. The first-order valence-electron chi connectivity index (χ1n) is 8.51. The molecule has 0 radical (unpaired) electrons. The van der Waals surface area contributed by atoms with Crippen LogP contribution in [-0.2, 0) is 4.79 Å². The van der Waals surface area contributed by atoms with E-state index in [1.165, 1.54) is 0 Å². The number of carbonyl (C=O) groups is 1. The first-order valence-corrected chi connectivity index (χ1v) is 8.51. The van der Waals surface area contributed by atoms with Crippen LogP contribution in [0, 0.1) is 0 Å². The first-order chi connectivity index (χ1) is 13.2. The fourth-order valence-electron chi connectivity index (χ4n) is 2.93. The molecule has 0 fully saturated rings. The summed E-state index contributed by atoms with van der Waals surface area (Å²) >= 11 is 0. The van der Waals surface area contributed by atoms with Crippen molar-refractivity contribution in [3.05, 3.63) is 84.2 Å². The fraction of sp³-hybridized carbons (Fsp3) is 0.143. The third kappa shape index (κ3) is 3.55. The zero-order chi connectivity index (χ0) is 18.6. The van der Waals surface area contributed by atoms with Crippen molar-refractivity contribution in [2.75, 3.05) is 7.11 Å². The lowest BCUT2D eigenvalue weighted by Gasteiger charge is -2.21. The lowest BCUT2D eigenvalue weighted by Crippen LogP contribution is -2.41. The fourth-order valence-corrected chi connectivity index (χ4v) is 2.93. The second-order valence-electron chi connectivity index (χ2n) is 6.01. The highest BCUT2D eigenvalue weighted by molar-refractivity contribution is 5.82. The third-order valence-corrected chi connectivity index (χ3v) is 4.31. The number of pyridine rings is 1. The zero-order valence-electron chi connectivity index (χ0n) is 14.7. The molecule has 27 heavy (non-hydrogen) atoms. The smallest absolute Gasteiger partial charge is 0.321 e. The van der Waals surface area contributed by atoms with Gasteiger partial charge in [-0.05, 0) is 47.5 Å². The SMILES string of the molecule is COc1ccc(C(NC(=O)C2Oc3ccccc3O2)c2ccncc2)cc1. The van der Waals surface area contributed by atoms with Crippen molar-refractivity contribution in [3.8, 4) is 17.2 Å². The predicted molar refractivity (Wildman–Crippen MR) is 98.7 cm³/mol. The Morgan fingerprint density at radius 2 is 1.56 bits per heavy atom. The van der Waals surface area contributed by atoms with Gasteiger partial charge in [-0.2, -0.15) is 0 Å². The molecule has 0 bridgehead atoms. The second kappa shape index (κ2) is 7.37. The van der Waals surface area contributed by atoms with E-state index in [9.17, 15) is 4.79 Å². The second-order valence-corrected chi connectivity index (χ2v) is 6.01. The van der Waals surface area contributed by atoms with Crippen LogP contribution in [0.4, 0.5) is 0 Å². The lowest BCUT2D eigenvalue weighted by atomic mass is 9.99. The number of amides is 1. The molecule has 1 aliphatic heterocycles. The van der Waals surface area contributed by atoms with Gasteiger partial charge in [0.15, 0.2) is 11.5 Å². The van der Waals surface area contributed by atoms with E-state index in [1.807, 2.05) is 48.5 Å². The zero-order valence-corrected chi connectivity index (χ0v) is 14.7. The third-order valence-electron chi connectivity index (χ3n) is 4.31. The summed E-state index contributed by atoms with van der Waals surface area (Å²) in [5.74, 6) is 1.51. The molecule has 2 heterocycles. The molecule has 0 saturated heterocycles.